The molecule has 0 saturated carbocycles. The number of benzene rings is 2. The first-order valence-electron chi connectivity index (χ1n) is 11.5. The normalized spacial score (nSPS) is 25.9. The van der Waals surface area contributed by atoms with E-state index < -0.39 is 40.1 Å². The molecular weight excluding hydrogens is 508 g/mol. The van der Waals surface area contributed by atoms with Crippen LogP contribution in [0.3, 0.4) is 0 Å². The van der Waals surface area contributed by atoms with Gasteiger partial charge in [0.15, 0.2) is 40.0 Å². The number of quaternary nitrogens is 2. The minimum atomic E-state index is -1.47. The van der Waals surface area contributed by atoms with E-state index in [9.17, 15) is 25.6 Å². The molecule has 0 radical (unpaired) electrons. The molecule has 4 rings (SSSR count). The summed E-state index contributed by atoms with van der Waals surface area (Å²) >= 11 is 0. The van der Waals surface area contributed by atoms with Crippen LogP contribution in [0.2, 0.25) is 0 Å². The smallest absolute Gasteiger partial charge is 0.303 e. The average Bonchev–Trinajstić information content (AvgIpc) is 3.42. The Kier molecular flexibility index (Phi) is 7.96. The summed E-state index contributed by atoms with van der Waals surface area (Å²) in [6, 6.07) is 5.60. The molecule has 14 nitrogen and oxygen atoms in total. The lowest BCUT2D eigenvalue weighted by Gasteiger charge is -2.33. The number of esters is 1. The van der Waals surface area contributed by atoms with Gasteiger partial charge in [-0.3, -0.25) is 4.79 Å². The van der Waals surface area contributed by atoms with E-state index in [1.165, 1.54) is 59.6 Å². The molecule has 0 aromatic heterocycles. The van der Waals surface area contributed by atoms with Gasteiger partial charge in [0.25, 0.3) is 0 Å². The summed E-state index contributed by atoms with van der Waals surface area (Å²) < 4.78 is 39.3. The van der Waals surface area contributed by atoms with Gasteiger partial charge in [-0.25, -0.2) is 10.4 Å². The number of hydrogen-bond donors (Lipinski definition) is 4. The summed E-state index contributed by atoms with van der Waals surface area (Å²) in [5, 5.41) is 41.8. The zero-order valence-electron chi connectivity index (χ0n) is 21.4. The van der Waals surface area contributed by atoms with Gasteiger partial charge >= 0.3 is 5.97 Å². The molecule has 4 N–H and O–H groups in total. The summed E-state index contributed by atoms with van der Waals surface area (Å²) in [6.07, 6.45) is -1.96. The molecule has 38 heavy (non-hydrogen) atoms. The number of ether oxygens (including phenoxy) is 7. The van der Waals surface area contributed by atoms with Crippen LogP contribution in [0.4, 0.5) is 11.4 Å². The standard InChI is InChI=1S/C24H30N2O12/c1-12(27)38-24-11-37-22(13-6-18(32-2)20(34-4)8-16(13)25(28)29)15(24)10-36-23(24)14-7-19(33-3)21(35-5)9-17(14)26(30)31/h6-9,15,22-23,25-26,28,30H,10-11H2,1-5H3. The number of carbonyl (C=O) groups excluding carboxylic acids is 1. The third-order valence-electron chi connectivity index (χ3n) is 6.86. The van der Waals surface area contributed by atoms with Crippen LogP contribution in [0.5, 0.6) is 23.0 Å². The van der Waals surface area contributed by atoms with Gasteiger partial charge in [0, 0.05) is 24.6 Å². The van der Waals surface area contributed by atoms with Crippen LogP contribution in [-0.4, -0.2) is 63.6 Å². The number of carbonyl (C=O) groups is 1. The van der Waals surface area contributed by atoms with Crippen LogP contribution in [0, 0.1) is 16.3 Å². The number of rotatable bonds is 9. The van der Waals surface area contributed by atoms with E-state index in [1.807, 2.05) is 0 Å². The molecule has 208 valence electrons. The fourth-order valence-electron chi connectivity index (χ4n) is 5.24. The predicted octanol–water partition coefficient (Wildman–Crippen LogP) is 0.289. The van der Waals surface area contributed by atoms with Crippen molar-refractivity contribution < 1.29 is 58.8 Å². The summed E-state index contributed by atoms with van der Waals surface area (Å²) in [4.78, 5) is 12.3. The molecule has 14 heteroatoms. The van der Waals surface area contributed by atoms with Crippen molar-refractivity contribution in [2.75, 3.05) is 41.7 Å². The van der Waals surface area contributed by atoms with Gasteiger partial charge in [-0.05, 0) is 12.1 Å². The first-order valence-corrected chi connectivity index (χ1v) is 11.5. The topological polar surface area (TPSA) is 177 Å². The lowest BCUT2D eigenvalue weighted by atomic mass is 9.79. The fourth-order valence-corrected chi connectivity index (χ4v) is 5.24. The molecule has 0 amide bonds. The molecule has 0 aliphatic carbocycles. The third-order valence-corrected chi connectivity index (χ3v) is 6.86. The highest BCUT2D eigenvalue weighted by molar-refractivity contribution is 5.67. The Morgan fingerprint density at radius 2 is 1.34 bits per heavy atom. The number of fused-ring (bicyclic) bond motifs is 1. The zero-order chi connectivity index (χ0) is 27.8. The quantitative estimate of drug-likeness (QED) is 0.254. The summed E-state index contributed by atoms with van der Waals surface area (Å²) in [7, 11) is 5.59. The van der Waals surface area contributed by atoms with Crippen molar-refractivity contribution >= 4 is 17.3 Å². The first kappa shape index (κ1) is 27.8. The maximum atomic E-state index is 12.3. The second kappa shape index (κ2) is 10.9. The fraction of sp³-hybridized carbons (Fsp3) is 0.458. The van der Waals surface area contributed by atoms with Crippen LogP contribution in [-0.2, 0) is 19.0 Å². The minimum Gasteiger partial charge on any atom is -0.595 e. The predicted molar refractivity (Wildman–Crippen MR) is 126 cm³/mol. The Morgan fingerprint density at radius 1 is 0.868 bits per heavy atom. The van der Waals surface area contributed by atoms with Crippen molar-refractivity contribution in [2.24, 2.45) is 5.92 Å². The Morgan fingerprint density at radius 3 is 1.82 bits per heavy atom. The maximum absolute atomic E-state index is 12.3. The van der Waals surface area contributed by atoms with Crippen molar-refractivity contribution in [2.45, 2.75) is 24.7 Å². The van der Waals surface area contributed by atoms with Crippen LogP contribution in [0.1, 0.15) is 30.3 Å². The van der Waals surface area contributed by atoms with Gasteiger partial charge in [0.2, 0.25) is 0 Å². The van der Waals surface area contributed by atoms with Gasteiger partial charge < -0.3 is 43.6 Å². The number of methoxy groups -OCH3 is 4. The molecular formula is C24H30N2O12. The molecule has 2 aromatic carbocycles. The zero-order valence-corrected chi connectivity index (χ0v) is 21.4. The van der Waals surface area contributed by atoms with Crippen LogP contribution >= 0.6 is 0 Å². The Bertz CT molecular complexity index is 1190. The van der Waals surface area contributed by atoms with E-state index in [0.29, 0.717) is 0 Å². The highest BCUT2D eigenvalue weighted by atomic mass is 16.8. The monoisotopic (exact) mass is 538 g/mol. The van der Waals surface area contributed by atoms with Crippen molar-refractivity contribution in [3.63, 3.8) is 0 Å². The second-order valence-electron chi connectivity index (χ2n) is 8.80. The Labute approximate surface area is 217 Å². The van der Waals surface area contributed by atoms with Crippen molar-refractivity contribution in [1.29, 1.82) is 0 Å². The van der Waals surface area contributed by atoms with Gasteiger partial charge in [-0.1, -0.05) is 0 Å². The van der Waals surface area contributed by atoms with E-state index >= 15 is 0 Å². The van der Waals surface area contributed by atoms with E-state index in [-0.39, 0.29) is 58.7 Å². The second-order valence-corrected chi connectivity index (χ2v) is 8.80. The molecule has 6 unspecified atom stereocenters. The van der Waals surface area contributed by atoms with Gasteiger partial charge in [-0.2, -0.15) is 10.5 Å². The molecule has 2 aliphatic rings. The highest BCUT2D eigenvalue weighted by Crippen LogP contribution is 2.57. The Balaban J connectivity index is 1.86. The molecule has 0 spiro atoms. The third kappa shape index (κ3) is 4.61. The van der Waals surface area contributed by atoms with E-state index in [0.717, 1.165) is 0 Å². The molecule has 2 heterocycles. The Hall–Kier alpha value is -3.21. The van der Waals surface area contributed by atoms with Crippen molar-refractivity contribution in [3.8, 4) is 23.0 Å². The highest BCUT2D eigenvalue weighted by Gasteiger charge is 2.64. The molecule has 0 bridgehead atoms. The summed E-state index contributed by atoms with van der Waals surface area (Å²) in [6.45, 7) is 1.01. The SMILES string of the molecule is COc1cc(C2OCC3(OC(C)=O)C(c4cc(OC)c(OC)cc4[NH+]([O-])O)OCC23)c([NH+]([O-])O)cc1OC. The molecule has 6 atom stereocenters. The maximum Gasteiger partial charge on any atom is 0.303 e. The van der Waals surface area contributed by atoms with Crippen LogP contribution in [0.25, 0.3) is 0 Å². The van der Waals surface area contributed by atoms with Gasteiger partial charge in [0.05, 0.1) is 59.2 Å². The van der Waals surface area contributed by atoms with E-state index in [1.54, 1.807) is 0 Å². The summed E-state index contributed by atoms with van der Waals surface area (Å²) in [5.74, 6) is -0.387. The molecule has 2 fully saturated rings. The van der Waals surface area contributed by atoms with Crippen LogP contribution in [0.15, 0.2) is 24.3 Å². The number of hydrogen-bond acceptors (Lipinski definition) is 12. The lowest BCUT2D eigenvalue weighted by molar-refractivity contribution is -0.991. The lowest BCUT2D eigenvalue weighted by Crippen LogP contribution is -2.99. The van der Waals surface area contributed by atoms with Gasteiger partial charge in [0.1, 0.15) is 6.10 Å². The number of nitrogens with one attached hydrogen (secondary N) is 2. The van der Waals surface area contributed by atoms with E-state index in [4.69, 9.17) is 33.2 Å². The summed E-state index contributed by atoms with van der Waals surface area (Å²) in [5.41, 5.74) is -1.24. The first-order chi connectivity index (χ1) is 18.1. The largest absolute Gasteiger partial charge is 0.595 e. The van der Waals surface area contributed by atoms with E-state index in [2.05, 4.69) is 0 Å². The molecule has 2 aromatic rings. The van der Waals surface area contributed by atoms with Gasteiger partial charge in [-0.15, -0.1) is 0 Å². The molecule has 2 saturated heterocycles. The average molecular weight is 539 g/mol. The van der Waals surface area contributed by atoms with Crippen LogP contribution < -0.4 is 29.4 Å². The van der Waals surface area contributed by atoms with Crippen molar-refractivity contribution in [1.82, 2.24) is 0 Å². The minimum absolute atomic E-state index is 0.0244. The molecule has 2 aliphatic heterocycles. The van der Waals surface area contributed by atoms with Crippen molar-refractivity contribution in [3.05, 3.63) is 45.8 Å².